The van der Waals surface area contributed by atoms with E-state index in [1.54, 1.807) is 0 Å². The fraction of sp³-hybridized carbons (Fsp3) is 0.100. The Morgan fingerprint density at radius 3 is 1.58 bits per heavy atom. The maximum absolute atomic E-state index is 2.60. The van der Waals surface area contributed by atoms with E-state index in [-0.39, 0.29) is 10.8 Å². The van der Waals surface area contributed by atoms with Crippen LogP contribution < -0.4 is 4.90 Å². The topological polar surface area (TPSA) is 3.24 Å². The van der Waals surface area contributed by atoms with Crippen LogP contribution in [0.5, 0.6) is 0 Å². The predicted octanol–water partition coefficient (Wildman–Crippen LogP) is 17.1. The number of nitrogens with zero attached hydrogens (tertiary/aromatic N) is 1. The van der Waals surface area contributed by atoms with Gasteiger partial charge in [0, 0.05) is 47.9 Å². The van der Waals surface area contributed by atoms with Crippen molar-refractivity contribution in [2.75, 3.05) is 4.90 Å². The summed E-state index contributed by atoms with van der Waals surface area (Å²) in [5.74, 6) is 0. The summed E-state index contributed by atoms with van der Waals surface area (Å²) in [6, 6.07) is 74.7. The molecule has 0 saturated carbocycles. The van der Waals surface area contributed by atoms with E-state index in [0.717, 1.165) is 5.69 Å². The zero-order valence-corrected chi connectivity index (χ0v) is 36.2. The maximum atomic E-state index is 2.60. The number of benzene rings is 9. The Hall–Kier alpha value is -7.00. The molecular weight excluding hydrogens is 767 g/mol. The molecule has 1 nitrogen and oxygen atoms in total. The van der Waals surface area contributed by atoms with Gasteiger partial charge in [-0.15, -0.1) is 11.3 Å². The zero-order valence-electron chi connectivity index (χ0n) is 35.4. The van der Waals surface area contributed by atoms with E-state index in [1.807, 2.05) is 11.3 Å². The molecule has 0 saturated heterocycles. The lowest BCUT2D eigenvalue weighted by Crippen LogP contribution is -2.18. The highest BCUT2D eigenvalue weighted by Crippen LogP contribution is 2.60. The Morgan fingerprint density at radius 1 is 0.355 bits per heavy atom. The molecule has 0 amide bonds. The van der Waals surface area contributed by atoms with Crippen molar-refractivity contribution < 1.29 is 0 Å². The average Bonchev–Trinajstić information content (AvgIpc) is 3.89. The number of hydrogen-bond acceptors (Lipinski definition) is 2. The molecule has 10 aromatic rings. The van der Waals surface area contributed by atoms with Crippen LogP contribution in [0.3, 0.4) is 0 Å². The molecule has 2 heteroatoms. The minimum absolute atomic E-state index is 0.147. The molecule has 0 radical (unpaired) electrons. The molecule has 2 aliphatic carbocycles. The zero-order chi connectivity index (χ0) is 41.7. The van der Waals surface area contributed by atoms with Gasteiger partial charge in [0.15, 0.2) is 0 Å². The molecule has 0 aliphatic heterocycles. The van der Waals surface area contributed by atoms with Gasteiger partial charge in [0.25, 0.3) is 0 Å². The predicted molar refractivity (Wildman–Crippen MR) is 265 cm³/mol. The van der Waals surface area contributed by atoms with Gasteiger partial charge in [0.2, 0.25) is 0 Å². The summed E-state index contributed by atoms with van der Waals surface area (Å²) in [7, 11) is 0. The van der Waals surface area contributed by atoms with Crippen LogP contribution in [-0.2, 0) is 10.8 Å². The lowest BCUT2D eigenvalue weighted by Gasteiger charge is -2.31. The van der Waals surface area contributed by atoms with E-state index >= 15 is 0 Å². The smallest absolute Gasteiger partial charge is 0.0636 e. The molecule has 2 aliphatic rings. The van der Waals surface area contributed by atoms with E-state index in [0.29, 0.717) is 0 Å². The van der Waals surface area contributed by atoms with E-state index in [9.17, 15) is 0 Å². The molecule has 9 aromatic carbocycles. The van der Waals surface area contributed by atoms with Gasteiger partial charge in [0.1, 0.15) is 0 Å². The second kappa shape index (κ2) is 13.8. The Labute approximate surface area is 368 Å². The molecule has 0 bridgehead atoms. The fourth-order valence-electron chi connectivity index (χ4n) is 10.6. The van der Waals surface area contributed by atoms with Crippen LogP contribution in [0.15, 0.2) is 200 Å². The molecule has 0 N–H and O–H groups in total. The van der Waals surface area contributed by atoms with Crippen molar-refractivity contribution in [1.29, 1.82) is 0 Å². The molecule has 296 valence electrons. The normalized spacial score (nSPS) is 14.1. The van der Waals surface area contributed by atoms with Crippen LogP contribution in [0.2, 0.25) is 0 Å². The highest BCUT2D eigenvalue weighted by Gasteiger charge is 2.41. The standard InChI is InChI=1S/C60H45NS/c1-59(2)50-21-13-11-19-46(50)47-33-32-45(36-52(47)59)61(44-30-27-42(28-31-44)41-25-23-40(24-26-41)38-15-7-5-8-16-38)58-56-49-35-43(39-17-9-6-10-18-39)29-34-51(49)60(3,4)53(56)37-55-57(58)48-20-12-14-22-54(48)62-55/h5-37H,1-4H3. The minimum atomic E-state index is -0.206. The summed E-state index contributed by atoms with van der Waals surface area (Å²) < 4.78 is 2.63. The van der Waals surface area contributed by atoms with Crippen molar-refractivity contribution in [3.63, 3.8) is 0 Å². The van der Waals surface area contributed by atoms with Crippen LogP contribution in [0.4, 0.5) is 17.1 Å². The second-order valence-corrected chi connectivity index (χ2v) is 19.2. The number of fused-ring (bicyclic) bond motifs is 9. The van der Waals surface area contributed by atoms with E-state index in [2.05, 4.69) is 233 Å². The Balaban J connectivity index is 1.12. The van der Waals surface area contributed by atoms with E-state index in [1.165, 1.54) is 109 Å². The van der Waals surface area contributed by atoms with Crippen LogP contribution in [0.1, 0.15) is 49.9 Å². The summed E-state index contributed by atoms with van der Waals surface area (Å²) >= 11 is 1.91. The summed E-state index contributed by atoms with van der Waals surface area (Å²) in [5.41, 5.74) is 21.3. The van der Waals surface area contributed by atoms with Gasteiger partial charge >= 0.3 is 0 Å². The van der Waals surface area contributed by atoms with Crippen LogP contribution in [-0.4, -0.2) is 0 Å². The van der Waals surface area contributed by atoms with Crippen LogP contribution in [0, 0.1) is 0 Å². The van der Waals surface area contributed by atoms with Gasteiger partial charge in [-0.2, -0.15) is 0 Å². The number of hydrogen-bond donors (Lipinski definition) is 0. The SMILES string of the molecule is CC1(C)c2ccccc2-c2ccc(N(c3ccc(-c4ccc(-c5ccccc5)cc4)cc3)c3c4c(cc5sc6ccccc6c35)C(C)(C)c3ccc(-c5ccccc5)cc3-4)cc21. The number of thiophene rings is 1. The van der Waals surface area contributed by atoms with Crippen molar-refractivity contribution in [2.45, 2.75) is 38.5 Å². The Bertz CT molecular complexity index is 3370. The largest absolute Gasteiger partial charge is 0.309 e. The first kappa shape index (κ1) is 36.8. The van der Waals surface area contributed by atoms with Gasteiger partial charge in [-0.3, -0.25) is 0 Å². The van der Waals surface area contributed by atoms with E-state index in [4.69, 9.17) is 0 Å². The summed E-state index contributed by atoms with van der Waals surface area (Å²) in [5, 5.41) is 2.60. The summed E-state index contributed by atoms with van der Waals surface area (Å²) in [4.78, 5) is 2.60. The van der Waals surface area contributed by atoms with Gasteiger partial charge in [-0.1, -0.05) is 185 Å². The van der Waals surface area contributed by atoms with Crippen LogP contribution >= 0.6 is 11.3 Å². The van der Waals surface area contributed by atoms with Gasteiger partial charge in [-0.25, -0.2) is 0 Å². The molecule has 1 heterocycles. The third-order valence-electron chi connectivity index (χ3n) is 13.9. The van der Waals surface area contributed by atoms with Crippen molar-refractivity contribution in [3.05, 3.63) is 222 Å². The fourth-order valence-corrected chi connectivity index (χ4v) is 11.8. The second-order valence-electron chi connectivity index (χ2n) is 18.1. The summed E-state index contributed by atoms with van der Waals surface area (Å²) in [6.07, 6.45) is 0. The van der Waals surface area contributed by atoms with Crippen molar-refractivity contribution in [2.24, 2.45) is 0 Å². The highest BCUT2D eigenvalue weighted by molar-refractivity contribution is 7.26. The Morgan fingerprint density at radius 2 is 0.871 bits per heavy atom. The van der Waals surface area contributed by atoms with Gasteiger partial charge < -0.3 is 4.90 Å². The maximum Gasteiger partial charge on any atom is 0.0636 e. The first-order valence-corrected chi connectivity index (χ1v) is 22.6. The number of rotatable bonds is 6. The lowest BCUT2D eigenvalue weighted by atomic mass is 9.81. The quantitative estimate of drug-likeness (QED) is 0.162. The molecule has 12 rings (SSSR count). The third kappa shape index (κ3) is 5.53. The average molecular weight is 812 g/mol. The van der Waals surface area contributed by atoms with Crippen molar-refractivity contribution in [1.82, 2.24) is 0 Å². The Kier molecular flexibility index (Phi) is 8.17. The third-order valence-corrected chi connectivity index (χ3v) is 15.0. The first-order chi connectivity index (χ1) is 30.3. The molecule has 0 spiro atoms. The molecule has 0 atom stereocenters. The minimum Gasteiger partial charge on any atom is -0.309 e. The van der Waals surface area contributed by atoms with Crippen LogP contribution in [0.25, 0.3) is 75.8 Å². The molecule has 1 aromatic heterocycles. The molecule has 0 unspecified atom stereocenters. The molecule has 0 fully saturated rings. The monoisotopic (exact) mass is 811 g/mol. The van der Waals surface area contributed by atoms with Crippen molar-refractivity contribution in [3.8, 4) is 55.6 Å². The first-order valence-electron chi connectivity index (χ1n) is 21.8. The molecule has 62 heavy (non-hydrogen) atoms. The van der Waals surface area contributed by atoms with Gasteiger partial charge in [-0.05, 0) is 115 Å². The summed E-state index contributed by atoms with van der Waals surface area (Å²) in [6.45, 7) is 9.61. The van der Waals surface area contributed by atoms with Crippen molar-refractivity contribution >= 4 is 48.6 Å². The highest BCUT2D eigenvalue weighted by atomic mass is 32.1. The number of anilines is 3. The van der Waals surface area contributed by atoms with E-state index < -0.39 is 0 Å². The van der Waals surface area contributed by atoms with Gasteiger partial charge in [0.05, 0.1) is 5.69 Å². The lowest BCUT2D eigenvalue weighted by molar-refractivity contribution is 0.660. The molecular formula is C60H45NS.